The summed E-state index contributed by atoms with van der Waals surface area (Å²) >= 11 is 5.94. The third-order valence-corrected chi connectivity index (χ3v) is 6.35. The van der Waals surface area contributed by atoms with Crippen molar-refractivity contribution >= 4 is 34.3 Å². The van der Waals surface area contributed by atoms with Crippen LogP contribution in [0, 0.1) is 12.7 Å². The van der Waals surface area contributed by atoms with Crippen molar-refractivity contribution in [3.05, 3.63) is 93.9 Å². The number of carboxylic acids is 1. The van der Waals surface area contributed by atoms with E-state index in [1.807, 2.05) is 0 Å². The van der Waals surface area contributed by atoms with E-state index in [-0.39, 0.29) is 35.6 Å². The van der Waals surface area contributed by atoms with Crippen LogP contribution in [0.15, 0.2) is 60.7 Å². The fourth-order valence-corrected chi connectivity index (χ4v) is 4.39. The number of aliphatic carboxylic acids is 1. The second-order valence-corrected chi connectivity index (χ2v) is 9.14. The third-order valence-electron chi connectivity index (χ3n) is 6.10. The second kappa shape index (κ2) is 11.0. The van der Waals surface area contributed by atoms with Gasteiger partial charge in [-0.05, 0) is 67.4 Å². The first-order valence-corrected chi connectivity index (χ1v) is 12.1. The zero-order chi connectivity index (χ0) is 28.5. The van der Waals surface area contributed by atoms with Gasteiger partial charge < -0.3 is 23.9 Å². The lowest BCUT2D eigenvalue weighted by molar-refractivity contribution is -0.313. The van der Waals surface area contributed by atoms with Crippen LogP contribution >= 0.6 is 11.6 Å². The minimum absolute atomic E-state index is 0.00947. The van der Waals surface area contributed by atoms with Crippen molar-refractivity contribution in [2.75, 3.05) is 0 Å². The predicted octanol–water partition coefficient (Wildman–Crippen LogP) is 5.83. The number of nitrogens with zero attached hydrogens (tertiary/aromatic N) is 1. The molecular weight excluding hydrogens is 542 g/mol. The number of hydrogen-bond donors (Lipinski definition) is 0. The quantitative estimate of drug-likeness (QED) is 0.189. The van der Waals surface area contributed by atoms with Crippen molar-refractivity contribution in [2.45, 2.75) is 39.3 Å². The summed E-state index contributed by atoms with van der Waals surface area (Å²) in [5, 5.41) is 12.1. The molecule has 0 aliphatic heterocycles. The summed E-state index contributed by atoms with van der Waals surface area (Å²) in [4.78, 5) is 24.7. The second-order valence-electron chi connectivity index (χ2n) is 8.71. The maximum atomic E-state index is 14.4. The molecule has 4 rings (SSSR count). The Morgan fingerprint density at radius 2 is 1.74 bits per heavy atom. The van der Waals surface area contributed by atoms with Gasteiger partial charge in [-0.25, -0.2) is 4.39 Å². The molecule has 11 heteroatoms. The minimum Gasteiger partial charge on any atom is -0.546 e. The number of ether oxygens (including phenoxy) is 2. The van der Waals surface area contributed by atoms with Crippen LogP contribution in [0.5, 0.6) is 11.5 Å². The van der Waals surface area contributed by atoms with E-state index in [4.69, 9.17) is 16.3 Å². The molecule has 39 heavy (non-hydrogen) atoms. The molecule has 1 aromatic heterocycles. The number of hydrogen-bond acceptors (Lipinski definition) is 5. The van der Waals surface area contributed by atoms with Gasteiger partial charge >= 0.3 is 6.36 Å². The largest absolute Gasteiger partial charge is 0.573 e. The molecule has 0 aliphatic carbocycles. The number of ketones is 1. The SMILES string of the molecule is CCC(Oc1cc(Cn2c(C)c(C(=O)c3ccc(Cl)cc3)c3ccc(OC(F)(F)F)cc32)ccc1F)C(=O)[O-]. The number of alkyl halides is 3. The van der Waals surface area contributed by atoms with Crippen LogP contribution in [0.2, 0.25) is 5.02 Å². The van der Waals surface area contributed by atoms with Gasteiger partial charge in [-0.1, -0.05) is 24.6 Å². The molecule has 6 nitrogen and oxygen atoms in total. The Morgan fingerprint density at radius 3 is 2.36 bits per heavy atom. The Bertz CT molecular complexity index is 1550. The monoisotopic (exact) mass is 562 g/mol. The van der Waals surface area contributed by atoms with Crippen LogP contribution in [0.3, 0.4) is 0 Å². The van der Waals surface area contributed by atoms with Gasteiger partial charge in [0.1, 0.15) is 11.9 Å². The summed E-state index contributed by atoms with van der Waals surface area (Å²) in [6, 6.07) is 13.6. The van der Waals surface area contributed by atoms with Crippen molar-refractivity contribution in [1.82, 2.24) is 4.57 Å². The van der Waals surface area contributed by atoms with Crippen LogP contribution in [-0.2, 0) is 11.3 Å². The lowest BCUT2D eigenvalue weighted by Gasteiger charge is -2.19. The molecule has 0 saturated carbocycles. The highest BCUT2D eigenvalue weighted by Crippen LogP contribution is 2.34. The van der Waals surface area contributed by atoms with E-state index in [0.717, 1.165) is 12.1 Å². The van der Waals surface area contributed by atoms with E-state index < -0.39 is 30.0 Å². The van der Waals surface area contributed by atoms with Gasteiger partial charge in [0.15, 0.2) is 17.3 Å². The van der Waals surface area contributed by atoms with Crippen molar-refractivity contribution in [3.63, 3.8) is 0 Å². The molecule has 0 aliphatic rings. The average Bonchev–Trinajstić information content (AvgIpc) is 3.13. The van der Waals surface area contributed by atoms with Crippen LogP contribution in [0.1, 0.15) is 40.5 Å². The number of carboxylic acid groups (broad SMARTS) is 1. The Hall–Kier alpha value is -4.05. The molecule has 0 spiro atoms. The Morgan fingerprint density at radius 1 is 1.05 bits per heavy atom. The van der Waals surface area contributed by atoms with E-state index in [1.165, 1.54) is 31.2 Å². The molecule has 1 atom stereocenters. The number of halogens is 5. The Balaban J connectivity index is 1.82. The zero-order valence-electron chi connectivity index (χ0n) is 20.6. The summed E-state index contributed by atoms with van der Waals surface area (Å²) in [5.74, 6) is -3.48. The highest BCUT2D eigenvalue weighted by atomic mass is 35.5. The number of rotatable bonds is 9. The standard InChI is InChI=1S/C28H22ClF4NO5/c1-3-23(27(36)37)38-24-12-16(4-11-21(24)30)14-34-15(2)25(26(35)17-5-7-18(29)8-6-17)20-10-9-19(13-22(20)34)39-28(31,32)33/h4-13,23H,3,14H2,1-2H3,(H,36,37)/p-1. The van der Waals surface area contributed by atoms with Gasteiger partial charge in [0.25, 0.3) is 0 Å². The fourth-order valence-electron chi connectivity index (χ4n) is 4.26. The highest BCUT2D eigenvalue weighted by molar-refractivity contribution is 6.30. The van der Waals surface area contributed by atoms with Gasteiger partial charge in [0.2, 0.25) is 0 Å². The molecule has 1 unspecified atom stereocenters. The average molecular weight is 563 g/mol. The van der Waals surface area contributed by atoms with Crippen molar-refractivity contribution in [2.24, 2.45) is 0 Å². The van der Waals surface area contributed by atoms with Crippen molar-refractivity contribution < 1.29 is 41.7 Å². The number of fused-ring (bicyclic) bond motifs is 1. The molecule has 0 fully saturated rings. The van der Waals surface area contributed by atoms with Gasteiger partial charge in [-0.3, -0.25) is 4.79 Å². The summed E-state index contributed by atoms with van der Waals surface area (Å²) in [7, 11) is 0. The number of aromatic nitrogens is 1. The molecule has 4 aromatic rings. The molecule has 0 radical (unpaired) electrons. The smallest absolute Gasteiger partial charge is 0.546 e. The van der Waals surface area contributed by atoms with Gasteiger partial charge in [0.05, 0.1) is 17.0 Å². The highest BCUT2D eigenvalue weighted by Gasteiger charge is 2.32. The lowest BCUT2D eigenvalue weighted by Crippen LogP contribution is -2.39. The van der Waals surface area contributed by atoms with Crippen molar-refractivity contribution in [1.29, 1.82) is 0 Å². The first-order valence-electron chi connectivity index (χ1n) is 11.7. The first-order chi connectivity index (χ1) is 18.4. The summed E-state index contributed by atoms with van der Waals surface area (Å²) in [6.45, 7) is 3.17. The molecule has 1 heterocycles. The topological polar surface area (TPSA) is 80.6 Å². The van der Waals surface area contributed by atoms with E-state index in [0.29, 0.717) is 27.2 Å². The van der Waals surface area contributed by atoms with Crippen LogP contribution in [-0.4, -0.2) is 28.8 Å². The normalized spacial score (nSPS) is 12.4. The number of carbonyl (C=O) groups excluding carboxylic acids is 2. The van der Waals surface area contributed by atoms with Crippen LogP contribution in [0.25, 0.3) is 10.9 Å². The Labute approximate surface area is 225 Å². The molecule has 0 amide bonds. The molecule has 0 N–H and O–H groups in total. The van der Waals surface area contributed by atoms with E-state index >= 15 is 0 Å². The van der Waals surface area contributed by atoms with Gasteiger partial charge in [-0.2, -0.15) is 0 Å². The molecular formula is C28H21ClF4NO5-. The van der Waals surface area contributed by atoms with E-state index in [9.17, 15) is 32.3 Å². The summed E-state index contributed by atoms with van der Waals surface area (Å²) in [5.41, 5.74) is 1.71. The summed E-state index contributed by atoms with van der Waals surface area (Å²) < 4.78 is 64.2. The maximum Gasteiger partial charge on any atom is 0.573 e. The van der Waals surface area contributed by atoms with E-state index in [1.54, 1.807) is 35.8 Å². The first kappa shape index (κ1) is 28.0. The van der Waals surface area contributed by atoms with Crippen LogP contribution in [0.4, 0.5) is 17.6 Å². The molecule has 3 aromatic carbocycles. The van der Waals surface area contributed by atoms with Crippen molar-refractivity contribution in [3.8, 4) is 11.5 Å². The van der Waals surface area contributed by atoms with Crippen LogP contribution < -0.4 is 14.6 Å². The predicted molar refractivity (Wildman–Crippen MR) is 133 cm³/mol. The Kier molecular flexibility index (Phi) is 7.87. The number of benzene rings is 3. The third kappa shape index (κ3) is 6.17. The van der Waals surface area contributed by atoms with Gasteiger partial charge in [-0.15, -0.1) is 13.2 Å². The van der Waals surface area contributed by atoms with Gasteiger partial charge in [0, 0.05) is 34.3 Å². The number of carbonyl (C=O) groups is 2. The lowest BCUT2D eigenvalue weighted by atomic mass is 10.0. The zero-order valence-corrected chi connectivity index (χ0v) is 21.4. The maximum absolute atomic E-state index is 14.4. The van der Waals surface area contributed by atoms with E-state index in [2.05, 4.69) is 4.74 Å². The molecule has 204 valence electrons. The minimum atomic E-state index is -4.93. The molecule has 0 bridgehead atoms. The summed E-state index contributed by atoms with van der Waals surface area (Å²) in [6.07, 6.45) is -6.28. The fraction of sp³-hybridized carbons (Fsp3) is 0.214. The molecule has 0 saturated heterocycles.